The molecule has 0 fully saturated rings. The SMILES string of the molecule is N.O.O=S(=O)(O)OO.[NaH]. The molecule has 56 valence electrons. The average Bonchev–Trinajstić information content (AvgIpc) is 1.35. The molecule has 0 radical (unpaired) electrons. The molecule has 7 N–H and O–H groups in total. The van der Waals surface area contributed by atoms with Crippen LogP contribution in [0, 0.1) is 0 Å². The van der Waals surface area contributed by atoms with E-state index >= 15 is 0 Å². The normalized spacial score (nSPS) is 7.78. The molecule has 0 unspecified atom stereocenters. The van der Waals surface area contributed by atoms with Crippen molar-refractivity contribution in [3.05, 3.63) is 0 Å². The minimum absolute atomic E-state index is 0. The van der Waals surface area contributed by atoms with Gasteiger partial charge in [-0.15, -0.1) is 0 Å². The van der Waals surface area contributed by atoms with Crippen molar-refractivity contribution in [1.82, 2.24) is 6.15 Å². The molecule has 9 heteroatoms. The Labute approximate surface area is 74.1 Å². The second-order valence-corrected chi connectivity index (χ2v) is 1.51. The Kier molecular flexibility index (Phi) is 22.0. The molecule has 0 aliphatic heterocycles. The maximum atomic E-state index is 9.08. The summed E-state index contributed by atoms with van der Waals surface area (Å²) in [6.07, 6.45) is 0. The van der Waals surface area contributed by atoms with Crippen LogP contribution in [0.5, 0.6) is 0 Å². The molecule has 0 aliphatic carbocycles. The minimum atomic E-state index is -4.61. The topological polar surface area (TPSA) is 150 Å². The Morgan fingerprint density at radius 1 is 1.33 bits per heavy atom. The molecule has 7 nitrogen and oxygen atoms in total. The van der Waals surface area contributed by atoms with E-state index in [4.69, 9.17) is 18.2 Å². The van der Waals surface area contributed by atoms with Gasteiger partial charge in [0.15, 0.2) is 0 Å². The molecule has 0 amide bonds. The van der Waals surface area contributed by atoms with Gasteiger partial charge in [0.05, 0.1) is 0 Å². The third-order valence-electron chi connectivity index (χ3n) is 0.0942. The van der Waals surface area contributed by atoms with Gasteiger partial charge < -0.3 is 11.6 Å². The van der Waals surface area contributed by atoms with Gasteiger partial charge in [-0.3, -0.25) is 4.55 Å². The molecular formula is H8NNaO6S. The van der Waals surface area contributed by atoms with Gasteiger partial charge >= 0.3 is 40.0 Å². The van der Waals surface area contributed by atoms with Crippen molar-refractivity contribution < 1.29 is 28.0 Å². The average molecular weight is 173 g/mol. The van der Waals surface area contributed by atoms with Crippen LogP contribution in [0.15, 0.2) is 0 Å². The quantitative estimate of drug-likeness (QED) is 0.180. The van der Waals surface area contributed by atoms with Gasteiger partial charge in [0, 0.05) is 0 Å². The summed E-state index contributed by atoms with van der Waals surface area (Å²) in [6.45, 7) is 0. The van der Waals surface area contributed by atoms with Gasteiger partial charge in [-0.1, -0.05) is 4.33 Å². The summed E-state index contributed by atoms with van der Waals surface area (Å²) in [7, 11) is -4.61. The third-order valence-corrected chi connectivity index (χ3v) is 0.283. The van der Waals surface area contributed by atoms with Gasteiger partial charge in [-0.25, -0.2) is 5.26 Å². The van der Waals surface area contributed by atoms with E-state index in [0.29, 0.717) is 0 Å². The molecule has 0 aromatic rings. The van der Waals surface area contributed by atoms with Gasteiger partial charge in [0.25, 0.3) is 0 Å². The predicted molar refractivity (Wildman–Crippen MR) is 31.0 cm³/mol. The fourth-order valence-electron chi connectivity index (χ4n) is 0. The Hall–Kier alpha value is 0.750. The molecule has 0 atom stereocenters. The molecule has 0 spiro atoms. The Bertz CT molecular complexity index is 115. The summed E-state index contributed by atoms with van der Waals surface area (Å²) in [5.41, 5.74) is 0. The first kappa shape index (κ1) is 22.6. The zero-order chi connectivity index (χ0) is 5.21. The maximum absolute atomic E-state index is 9.08. The number of hydrogen-bond donors (Lipinski definition) is 3. The van der Waals surface area contributed by atoms with Crippen molar-refractivity contribution in [2.45, 2.75) is 0 Å². The first-order valence-corrected chi connectivity index (χ1v) is 2.23. The summed E-state index contributed by atoms with van der Waals surface area (Å²) in [5.74, 6) is 0. The van der Waals surface area contributed by atoms with E-state index in [0.717, 1.165) is 0 Å². The summed E-state index contributed by atoms with van der Waals surface area (Å²) >= 11 is 0. The van der Waals surface area contributed by atoms with Crippen molar-refractivity contribution in [2.24, 2.45) is 0 Å². The second kappa shape index (κ2) is 8.75. The molecule has 9 heavy (non-hydrogen) atoms. The Morgan fingerprint density at radius 2 is 1.44 bits per heavy atom. The van der Waals surface area contributed by atoms with E-state index in [1.54, 1.807) is 0 Å². The van der Waals surface area contributed by atoms with Crippen LogP contribution in [0.3, 0.4) is 0 Å². The standard InChI is InChI=1S/H3N.Na.H2O5S.H2O.H/c;;1-5-6(2,3)4;;/h1H3;;1H,(H,2,3,4);1H2;. The van der Waals surface area contributed by atoms with Crippen molar-refractivity contribution in [2.75, 3.05) is 0 Å². The van der Waals surface area contributed by atoms with E-state index in [2.05, 4.69) is 4.33 Å². The Morgan fingerprint density at radius 3 is 1.44 bits per heavy atom. The first-order chi connectivity index (χ1) is 2.56. The first-order valence-electron chi connectivity index (χ1n) is 0.865. The molecule has 0 bridgehead atoms. The van der Waals surface area contributed by atoms with Gasteiger partial charge in [-0.05, 0) is 0 Å². The van der Waals surface area contributed by atoms with Crippen LogP contribution in [-0.4, -0.2) is 53.3 Å². The van der Waals surface area contributed by atoms with Gasteiger partial charge in [0.1, 0.15) is 0 Å². The molecule has 0 aromatic heterocycles. The summed E-state index contributed by atoms with van der Waals surface area (Å²) < 4.78 is 28.0. The fourth-order valence-corrected chi connectivity index (χ4v) is 0. The fraction of sp³-hybridized carbons (Fsp3) is 0. The summed E-state index contributed by atoms with van der Waals surface area (Å²) in [4.78, 5) is 0. The number of hydrogen-bond acceptors (Lipinski definition) is 5. The van der Waals surface area contributed by atoms with Gasteiger partial charge in [0.2, 0.25) is 0 Å². The molecule has 0 rings (SSSR count). The van der Waals surface area contributed by atoms with Crippen LogP contribution < -0.4 is 6.15 Å². The van der Waals surface area contributed by atoms with E-state index in [1.165, 1.54) is 0 Å². The molecule has 0 saturated carbocycles. The second-order valence-electron chi connectivity index (χ2n) is 0.502. The van der Waals surface area contributed by atoms with Crippen molar-refractivity contribution in [1.29, 1.82) is 0 Å². The zero-order valence-corrected chi connectivity index (χ0v) is 4.55. The van der Waals surface area contributed by atoms with Crippen LogP contribution >= 0.6 is 0 Å². The molecule has 0 saturated heterocycles. The summed E-state index contributed by atoms with van der Waals surface area (Å²) in [5, 5.41) is 7.06. The van der Waals surface area contributed by atoms with E-state index in [9.17, 15) is 0 Å². The van der Waals surface area contributed by atoms with Crippen molar-refractivity contribution in [3.8, 4) is 0 Å². The Balaban J connectivity index is -0.0000000417. The predicted octanol–water partition coefficient (Wildman–Crippen LogP) is -2.03. The molecule has 0 heterocycles. The van der Waals surface area contributed by atoms with Crippen LogP contribution in [-0.2, 0) is 14.7 Å². The molecule has 0 aromatic carbocycles. The van der Waals surface area contributed by atoms with Gasteiger partial charge in [-0.2, -0.15) is 8.42 Å². The van der Waals surface area contributed by atoms with Crippen LogP contribution in [0.2, 0.25) is 0 Å². The third kappa shape index (κ3) is 28.4. The zero-order valence-electron chi connectivity index (χ0n) is 3.73. The van der Waals surface area contributed by atoms with Crippen molar-refractivity contribution >= 4 is 40.0 Å². The summed E-state index contributed by atoms with van der Waals surface area (Å²) in [6, 6.07) is 0. The van der Waals surface area contributed by atoms with Crippen molar-refractivity contribution in [3.63, 3.8) is 0 Å². The van der Waals surface area contributed by atoms with Crippen LogP contribution in [0.25, 0.3) is 0 Å². The van der Waals surface area contributed by atoms with E-state index < -0.39 is 10.4 Å². The number of rotatable bonds is 1. The van der Waals surface area contributed by atoms with E-state index in [1.807, 2.05) is 0 Å². The molecular weight excluding hydrogens is 165 g/mol. The van der Waals surface area contributed by atoms with Crippen LogP contribution in [0.4, 0.5) is 0 Å². The monoisotopic (exact) mass is 173 g/mol. The van der Waals surface area contributed by atoms with Crippen LogP contribution in [0.1, 0.15) is 0 Å². The van der Waals surface area contributed by atoms with E-state index in [-0.39, 0.29) is 41.2 Å². The molecule has 0 aliphatic rings.